The molecule has 0 aliphatic heterocycles. The van der Waals surface area contributed by atoms with Crippen LogP contribution >= 0.6 is 0 Å². The van der Waals surface area contributed by atoms with Crippen LogP contribution in [0.5, 0.6) is 0 Å². The summed E-state index contributed by atoms with van der Waals surface area (Å²) >= 11 is -1.72. The molecule has 0 aliphatic carbocycles. The fraction of sp³-hybridized carbons (Fsp3) is 0.226. The van der Waals surface area contributed by atoms with E-state index in [-0.39, 0.29) is 20.1 Å². The van der Waals surface area contributed by atoms with E-state index in [0.717, 1.165) is 66.9 Å². The van der Waals surface area contributed by atoms with Crippen molar-refractivity contribution in [3.8, 4) is 33.8 Å². The molecule has 0 saturated carbocycles. The van der Waals surface area contributed by atoms with E-state index in [1.54, 1.807) is 0 Å². The van der Waals surface area contributed by atoms with Crippen LogP contribution in [0.1, 0.15) is 67.5 Å². The Morgan fingerprint density at radius 2 is 1.43 bits per heavy atom. The second kappa shape index (κ2) is 17.8. The van der Waals surface area contributed by atoms with Gasteiger partial charge in [-0.05, 0) is 64.8 Å². The Morgan fingerprint density at radius 3 is 2.08 bits per heavy atom. The molecule has 0 aliphatic rings. The van der Waals surface area contributed by atoms with Gasteiger partial charge in [0.1, 0.15) is 5.58 Å². The van der Waals surface area contributed by atoms with Crippen LogP contribution in [0.2, 0.25) is 17.3 Å². The first-order valence-electron chi connectivity index (χ1n) is 20.7. The zero-order chi connectivity index (χ0) is 41.4. The minimum atomic E-state index is -1.72. The van der Waals surface area contributed by atoms with E-state index in [4.69, 9.17) is 9.40 Å². The zero-order valence-electron chi connectivity index (χ0n) is 36.0. The molecule has 0 amide bonds. The van der Waals surface area contributed by atoms with Crippen molar-refractivity contribution in [2.45, 2.75) is 77.2 Å². The standard InChI is InChI=1S/C39H36N3O.C14H16GeN.Ir/c1-23(2)30-19-28(27-12-8-7-9-13-27)20-31(24(3)4)33(30)22-42-35-15-11-10-14-34(35)41-39(42)29-17-16-25(5)37-32-18-26(6)40-21-36(32)43-38(29)37;1-15(2,3)13-9-10-14(16-11-13)12-7-5-4-6-8-12;/h7-16,18-21,23-24H,22H2,1-6H3;4-7,9-11H,1-3H3;/q2*-1;. The van der Waals surface area contributed by atoms with Gasteiger partial charge < -0.3 is 8.98 Å². The maximum Gasteiger partial charge on any atom is 0 e. The molecule has 9 rings (SSSR count). The van der Waals surface area contributed by atoms with E-state index in [1.807, 2.05) is 43.6 Å². The fourth-order valence-corrected chi connectivity index (χ4v) is 10.2. The molecule has 5 aromatic carbocycles. The third-order valence-electron chi connectivity index (χ3n) is 11.2. The molecular formula is C53H52GeIrN4O-2. The van der Waals surface area contributed by atoms with Gasteiger partial charge in [-0.25, -0.2) is 0 Å². The molecule has 0 N–H and O–H groups in total. The van der Waals surface area contributed by atoms with Crippen LogP contribution < -0.4 is 4.40 Å². The van der Waals surface area contributed by atoms with Crippen molar-refractivity contribution >= 4 is 50.6 Å². The maximum atomic E-state index is 6.52. The smallest absolute Gasteiger partial charge is 0 e. The Labute approximate surface area is 371 Å². The number of imidazole rings is 1. The third-order valence-corrected chi connectivity index (χ3v) is 15.5. The second-order valence-corrected chi connectivity index (χ2v) is 27.9. The van der Waals surface area contributed by atoms with Crippen LogP contribution in [0.4, 0.5) is 0 Å². The van der Waals surface area contributed by atoms with Gasteiger partial charge in [-0.2, -0.15) is 0 Å². The van der Waals surface area contributed by atoms with Gasteiger partial charge in [0.05, 0.1) is 28.6 Å². The number of para-hydroxylation sites is 2. The van der Waals surface area contributed by atoms with Crippen molar-refractivity contribution in [1.82, 2.24) is 19.5 Å². The van der Waals surface area contributed by atoms with Crippen molar-refractivity contribution in [3.63, 3.8) is 0 Å². The number of hydrogen-bond donors (Lipinski definition) is 0. The van der Waals surface area contributed by atoms with Gasteiger partial charge in [-0.1, -0.05) is 100 Å². The summed E-state index contributed by atoms with van der Waals surface area (Å²) in [5, 5.41) is 2.18. The van der Waals surface area contributed by atoms with Gasteiger partial charge in [0.25, 0.3) is 0 Å². The molecule has 4 aromatic heterocycles. The van der Waals surface area contributed by atoms with Gasteiger partial charge >= 0.3 is 99.8 Å². The Balaban J connectivity index is 0.000000270. The first kappa shape index (κ1) is 43.0. The molecule has 0 fully saturated rings. The SMILES string of the molecule is Cc1cc2c(cn1)oc1c(-c3nc4ccccc4n3Cc3c(C(C)C)cc(-c4ccccc4)cc3C(C)C)[c-]cc(C)c12.[CH3][Ge]([CH3])([CH3])[c]1ccc(-c2[c-]cccc2)nc1.[Ir]. The summed E-state index contributed by atoms with van der Waals surface area (Å²) in [6.07, 6.45) is 3.87. The van der Waals surface area contributed by atoms with Crippen LogP contribution in [-0.4, -0.2) is 32.8 Å². The van der Waals surface area contributed by atoms with Crippen LogP contribution in [0.3, 0.4) is 0 Å². The normalized spacial score (nSPS) is 11.7. The van der Waals surface area contributed by atoms with Gasteiger partial charge in [-0.3, -0.25) is 9.97 Å². The topological polar surface area (TPSA) is 56.7 Å². The molecular weight excluding hydrogens is 973 g/mol. The monoisotopic (exact) mass is 1030 g/mol. The van der Waals surface area contributed by atoms with Gasteiger partial charge in [0, 0.05) is 37.7 Å². The minimum Gasteiger partial charge on any atom is 0 e. The number of aryl methyl sites for hydroxylation is 2. The number of hydrogen-bond acceptors (Lipinski definition) is 4. The molecule has 0 saturated heterocycles. The quantitative estimate of drug-likeness (QED) is 0.112. The molecule has 0 spiro atoms. The molecule has 0 atom stereocenters. The van der Waals surface area contributed by atoms with E-state index in [1.165, 1.54) is 32.2 Å². The van der Waals surface area contributed by atoms with Gasteiger partial charge in [0.2, 0.25) is 0 Å². The van der Waals surface area contributed by atoms with E-state index >= 15 is 0 Å². The Kier molecular flexibility index (Phi) is 12.8. The van der Waals surface area contributed by atoms with Crippen molar-refractivity contribution in [2.24, 2.45) is 0 Å². The molecule has 305 valence electrons. The third kappa shape index (κ3) is 8.70. The summed E-state index contributed by atoms with van der Waals surface area (Å²) in [6.45, 7) is 14.0. The summed E-state index contributed by atoms with van der Waals surface area (Å²) < 4.78 is 10.3. The number of fused-ring (bicyclic) bond motifs is 4. The van der Waals surface area contributed by atoms with E-state index in [0.29, 0.717) is 18.4 Å². The van der Waals surface area contributed by atoms with Crippen molar-refractivity contribution < 1.29 is 24.5 Å². The summed E-state index contributed by atoms with van der Waals surface area (Å²) in [4.78, 5) is 14.2. The largest absolute Gasteiger partial charge is 0 e. The first-order valence-corrected chi connectivity index (χ1v) is 28.0. The fourth-order valence-electron chi connectivity index (χ4n) is 8.02. The van der Waals surface area contributed by atoms with Gasteiger partial charge in [0.15, 0.2) is 0 Å². The Hall–Kier alpha value is -5.14. The van der Waals surface area contributed by atoms with Crippen molar-refractivity contribution in [2.75, 3.05) is 0 Å². The summed E-state index contributed by atoms with van der Waals surface area (Å²) in [5.41, 5.74) is 15.3. The number of pyridine rings is 2. The molecule has 1 radical (unpaired) electrons. The van der Waals surface area contributed by atoms with Crippen LogP contribution in [0.15, 0.2) is 132 Å². The maximum absolute atomic E-state index is 6.52. The number of furan rings is 1. The molecule has 9 aromatic rings. The summed E-state index contributed by atoms with van der Waals surface area (Å²) in [5.74, 6) is 8.73. The Morgan fingerprint density at radius 1 is 0.733 bits per heavy atom. The number of benzene rings is 5. The number of rotatable bonds is 8. The molecule has 0 unspecified atom stereocenters. The molecule has 5 nitrogen and oxygen atoms in total. The summed E-state index contributed by atoms with van der Waals surface area (Å²) in [7, 11) is 0. The first-order chi connectivity index (χ1) is 28.4. The van der Waals surface area contributed by atoms with E-state index in [9.17, 15) is 0 Å². The van der Waals surface area contributed by atoms with E-state index in [2.05, 4.69) is 170 Å². The van der Waals surface area contributed by atoms with Crippen LogP contribution in [0, 0.1) is 26.0 Å². The Bertz CT molecular complexity index is 2880. The molecule has 0 bridgehead atoms. The van der Waals surface area contributed by atoms with E-state index < -0.39 is 13.3 Å². The van der Waals surface area contributed by atoms with Crippen LogP contribution in [-0.2, 0) is 26.7 Å². The molecule has 7 heteroatoms. The predicted molar refractivity (Wildman–Crippen MR) is 249 cm³/mol. The average Bonchev–Trinajstić information content (AvgIpc) is 3.80. The minimum absolute atomic E-state index is 0. The van der Waals surface area contributed by atoms with Crippen molar-refractivity contribution in [3.05, 3.63) is 168 Å². The number of nitrogens with zero attached hydrogens (tertiary/aromatic N) is 4. The molecule has 60 heavy (non-hydrogen) atoms. The second-order valence-electron chi connectivity index (χ2n) is 17.3. The molecule has 4 heterocycles. The summed E-state index contributed by atoms with van der Waals surface area (Å²) in [6, 6.07) is 47.2. The zero-order valence-corrected chi connectivity index (χ0v) is 40.5. The van der Waals surface area contributed by atoms with Crippen LogP contribution in [0.25, 0.3) is 66.7 Å². The average molecular weight is 1030 g/mol. The van der Waals surface area contributed by atoms with Gasteiger partial charge in [-0.15, -0.1) is 17.7 Å². The predicted octanol–water partition coefficient (Wildman–Crippen LogP) is 13.5. The van der Waals surface area contributed by atoms with Crippen molar-refractivity contribution in [1.29, 1.82) is 0 Å². The number of aromatic nitrogens is 4.